The van der Waals surface area contributed by atoms with Gasteiger partial charge >= 0.3 is 0 Å². The second-order valence-electron chi connectivity index (χ2n) is 3.13. The molecular formula is C10H11NOS. The van der Waals surface area contributed by atoms with E-state index in [1.807, 2.05) is 5.38 Å². The molecule has 0 saturated heterocycles. The van der Waals surface area contributed by atoms with E-state index in [1.165, 1.54) is 5.56 Å². The predicted octanol–water partition coefficient (Wildman–Crippen LogP) is 1.45. The number of thiophene rings is 1. The first-order chi connectivity index (χ1) is 6.33. The highest BCUT2D eigenvalue weighted by Crippen LogP contribution is 2.41. The second kappa shape index (κ2) is 3.51. The van der Waals surface area contributed by atoms with Crippen LogP contribution in [0.4, 0.5) is 0 Å². The van der Waals surface area contributed by atoms with Gasteiger partial charge in [0.15, 0.2) is 0 Å². The second-order valence-corrected chi connectivity index (χ2v) is 4.08. The van der Waals surface area contributed by atoms with E-state index in [1.54, 1.807) is 11.3 Å². The molecule has 0 aliphatic heterocycles. The van der Waals surface area contributed by atoms with Gasteiger partial charge in [0.2, 0.25) is 0 Å². The quantitative estimate of drug-likeness (QED) is 0.697. The summed E-state index contributed by atoms with van der Waals surface area (Å²) in [6.07, 6.45) is 5.62. The number of hydrogen-bond donors (Lipinski definition) is 2. The van der Waals surface area contributed by atoms with Gasteiger partial charge in [0.05, 0.1) is 12.6 Å². The molecule has 1 aliphatic rings. The molecule has 1 heterocycles. The first kappa shape index (κ1) is 8.76. The molecule has 0 spiro atoms. The normalized spacial score (nSPS) is 25.5. The fraction of sp³-hybridized carbons (Fsp3) is 0.400. The number of aliphatic hydroxyl groups is 1. The highest BCUT2D eigenvalue weighted by atomic mass is 32.1. The van der Waals surface area contributed by atoms with E-state index in [0.717, 1.165) is 11.3 Å². The maximum Gasteiger partial charge on any atom is 0.0903 e. The summed E-state index contributed by atoms with van der Waals surface area (Å²) in [7, 11) is 0. The number of terminal acetylenes is 1. The van der Waals surface area contributed by atoms with Crippen molar-refractivity contribution >= 4 is 11.3 Å². The van der Waals surface area contributed by atoms with Crippen molar-refractivity contribution in [2.75, 3.05) is 6.54 Å². The Hall–Kier alpha value is -0.820. The highest BCUT2D eigenvalue weighted by Gasteiger charge is 2.29. The lowest BCUT2D eigenvalue weighted by Crippen LogP contribution is -2.19. The lowest BCUT2D eigenvalue weighted by molar-refractivity contribution is 0.172. The Balaban J connectivity index is 2.15. The van der Waals surface area contributed by atoms with Crippen LogP contribution in [0, 0.1) is 12.3 Å². The highest BCUT2D eigenvalue weighted by molar-refractivity contribution is 7.10. The molecule has 13 heavy (non-hydrogen) atoms. The van der Waals surface area contributed by atoms with Gasteiger partial charge in [-0.05, 0) is 23.4 Å². The van der Waals surface area contributed by atoms with E-state index < -0.39 is 0 Å². The average Bonchev–Trinajstić information content (AvgIpc) is 2.67. The minimum atomic E-state index is -0.301. The van der Waals surface area contributed by atoms with Gasteiger partial charge in [0, 0.05) is 10.9 Å². The van der Waals surface area contributed by atoms with Gasteiger partial charge < -0.3 is 5.11 Å². The zero-order chi connectivity index (χ0) is 9.26. The van der Waals surface area contributed by atoms with Crippen molar-refractivity contribution in [2.24, 2.45) is 0 Å². The van der Waals surface area contributed by atoms with Gasteiger partial charge in [-0.2, -0.15) is 0 Å². The van der Waals surface area contributed by atoms with Crippen LogP contribution in [0.2, 0.25) is 0 Å². The van der Waals surface area contributed by atoms with Crippen LogP contribution >= 0.6 is 11.3 Å². The van der Waals surface area contributed by atoms with Gasteiger partial charge in [0.1, 0.15) is 0 Å². The van der Waals surface area contributed by atoms with E-state index in [4.69, 9.17) is 6.42 Å². The number of nitrogens with one attached hydrogen (secondary N) is 1. The van der Waals surface area contributed by atoms with Crippen LogP contribution in [0.3, 0.4) is 0 Å². The Morgan fingerprint density at radius 2 is 2.62 bits per heavy atom. The predicted molar refractivity (Wildman–Crippen MR) is 53.5 cm³/mol. The molecule has 0 radical (unpaired) electrons. The monoisotopic (exact) mass is 193 g/mol. The molecule has 1 aromatic heterocycles. The number of aliphatic hydroxyl groups excluding tert-OH is 1. The zero-order valence-corrected chi connectivity index (χ0v) is 7.97. The lowest BCUT2D eigenvalue weighted by Gasteiger charge is -2.09. The molecule has 2 N–H and O–H groups in total. The summed E-state index contributed by atoms with van der Waals surface area (Å²) in [6.45, 7) is 0.562. The third-order valence-electron chi connectivity index (χ3n) is 2.31. The standard InChI is InChI=1S/C10H11NOS/c1-2-4-11-8-6-9(12)10-7(8)3-5-13-10/h1,3,5,8-9,11-12H,4,6H2/t8-,9-/m0/s1. The third-order valence-corrected chi connectivity index (χ3v) is 3.35. The van der Waals surface area contributed by atoms with Gasteiger partial charge in [-0.15, -0.1) is 17.8 Å². The summed E-state index contributed by atoms with van der Waals surface area (Å²) >= 11 is 1.62. The van der Waals surface area contributed by atoms with Gasteiger partial charge in [-0.3, -0.25) is 5.32 Å². The van der Waals surface area contributed by atoms with Crippen molar-refractivity contribution in [1.29, 1.82) is 0 Å². The van der Waals surface area contributed by atoms with Crippen LogP contribution in [-0.4, -0.2) is 11.7 Å². The molecule has 3 heteroatoms. The molecule has 68 valence electrons. The van der Waals surface area contributed by atoms with Gasteiger partial charge in [0.25, 0.3) is 0 Å². The minimum Gasteiger partial charge on any atom is -0.387 e. The molecule has 0 fully saturated rings. The summed E-state index contributed by atoms with van der Waals surface area (Å²) in [5, 5.41) is 14.9. The van der Waals surface area contributed by atoms with Gasteiger partial charge in [-0.1, -0.05) is 5.92 Å². The summed E-state index contributed by atoms with van der Waals surface area (Å²) in [5.41, 5.74) is 1.22. The summed E-state index contributed by atoms with van der Waals surface area (Å²) in [6, 6.07) is 2.30. The Morgan fingerprint density at radius 1 is 1.77 bits per heavy atom. The lowest BCUT2D eigenvalue weighted by atomic mass is 10.2. The van der Waals surface area contributed by atoms with Crippen molar-refractivity contribution in [2.45, 2.75) is 18.6 Å². The first-order valence-corrected chi connectivity index (χ1v) is 5.13. The molecule has 1 aromatic rings. The smallest absolute Gasteiger partial charge is 0.0903 e. The average molecular weight is 193 g/mol. The molecule has 1 aliphatic carbocycles. The topological polar surface area (TPSA) is 32.3 Å². The van der Waals surface area contributed by atoms with Crippen molar-refractivity contribution in [3.63, 3.8) is 0 Å². The first-order valence-electron chi connectivity index (χ1n) is 4.25. The molecule has 0 amide bonds. The minimum absolute atomic E-state index is 0.243. The molecule has 2 atom stereocenters. The van der Waals surface area contributed by atoms with Crippen LogP contribution in [0.15, 0.2) is 11.4 Å². The fourth-order valence-electron chi connectivity index (χ4n) is 1.72. The Labute approximate surface area is 81.6 Å². The van der Waals surface area contributed by atoms with Crippen molar-refractivity contribution in [3.8, 4) is 12.3 Å². The molecule has 0 saturated carbocycles. The molecule has 0 aromatic carbocycles. The van der Waals surface area contributed by atoms with E-state index in [9.17, 15) is 5.11 Å². The van der Waals surface area contributed by atoms with Crippen LogP contribution in [0.5, 0.6) is 0 Å². The zero-order valence-electron chi connectivity index (χ0n) is 7.16. The molecular weight excluding hydrogens is 182 g/mol. The third kappa shape index (κ3) is 1.49. The Bertz CT molecular complexity index is 339. The van der Waals surface area contributed by atoms with Crippen LogP contribution in [0.25, 0.3) is 0 Å². The molecule has 2 rings (SSSR count). The van der Waals surface area contributed by atoms with E-state index in [-0.39, 0.29) is 12.1 Å². The summed E-state index contributed by atoms with van der Waals surface area (Å²) < 4.78 is 0. The van der Waals surface area contributed by atoms with E-state index >= 15 is 0 Å². The van der Waals surface area contributed by atoms with Crippen LogP contribution < -0.4 is 5.32 Å². The fourth-order valence-corrected chi connectivity index (χ4v) is 2.68. The Morgan fingerprint density at radius 3 is 3.38 bits per heavy atom. The molecule has 0 unspecified atom stereocenters. The van der Waals surface area contributed by atoms with Gasteiger partial charge in [-0.25, -0.2) is 0 Å². The molecule has 2 nitrogen and oxygen atoms in total. The largest absolute Gasteiger partial charge is 0.387 e. The van der Waals surface area contributed by atoms with Crippen molar-refractivity contribution in [1.82, 2.24) is 5.32 Å². The maximum atomic E-state index is 9.66. The van der Waals surface area contributed by atoms with Crippen LogP contribution in [-0.2, 0) is 0 Å². The number of rotatable bonds is 2. The molecule has 0 bridgehead atoms. The van der Waals surface area contributed by atoms with Crippen molar-refractivity contribution in [3.05, 3.63) is 21.9 Å². The van der Waals surface area contributed by atoms with E-state index in [2.05, 4.69) is 17.3 Å². The number of hydrogen-bond acceptors (Lipinski definition) is 3. The van der Waals surface area contributed by atoms with Crippen LogP contribution in [0.1, 0.15) is 29.0 Å². The maximum absolute atomic E-state index is 9.66. The SMILES string of the molecule is C#CCN[C@H]1C[C@H](O)c2sccc21. The Kier molecular flexibility index (Phi) is 2.36. The summed E-state index contributed by atoms with van der Waals surface area (Å²) in [4.78, 5) is 1.09. The summed E-state index contributed by atoms with van der Waals surface area (Å²) in [5.74, 6) is 2.54. The van der Waals surface area contributed by atoms with Crippen molar-refractivity contribution < 1.29 is 5.11 Å². The number of fused-ring (bicyclic) bond motifs is 1. The van der Waals surface area contributed by atoms with E-state index in [0.29, 0.717) is 6.54 Å².